The molecular formula is C20H21N5O2S. The van der Waals surface area contributed by atoms with E-state index in [1.165, 1.54) is 4.88 Å². The molecule has 1 aliphatic heterocycles. The highest BCUT2D eigenvalue weighted by molar-refractivity contribution is 7.15. The summed E-state index contributed by atoms with van der Waals surface area (Å²) < 4.78 is 0. The molecule has 0 amide bonds. The number of nitrogens with zero attached hydrogens (tertiary/aromatic N) is 4. The Balaban J connectivity index is 1.35. The Hall–Kier alpha value is -2.84. The molecule has 0 radical (unpaired) electrons. The van der Waals surface area contributed by atoms with Gasteiger partial charge in [-0.05, 0) is 54.8 Å². The molecule has 4 rings (SSSR count). The standard InChI is InChI=1S/C20H21N5O2S/c26-25(27)17-7-5-15(6-8-17)19-10-9-18(28-19)13-21-16-3-2-12-24(14-16)20-4-1-11-22-23-20/h1,4-11,16,21H,2-3,12-14H2. The van der Waals surface area contributed by atoms with Crippen molar-refractivity contribution in [3.63, 3.8) is 0 Å². The third-order valence-corrected chi connectivity index (χ3v) is 6.03. The van der Waals surface area contributed by atoms with Gasteiger partial charge in [-0.25, -0.2) is 0 Å². The molecule has 1 aliphatic rings. The highest BCUT2D eigenvalue weighted by Gasteiger charge is 2.20. The van der Waals surface area contributed by atoms with Gasteiger partial charge in [-0.15, -0.1) is 16.4 Å². The third kappa shape index (κ3) is 4.35. The van der Waals surface area contributed by atoms with E-state index in [4.69, 9.17) is 0 Å². The second-order valence-corrected chi connectivity index (χ2v) is 7.99. The minimum Gasteiger partial charge on any atom is -0.354 e. The van der Waals surface area contributed by atoms with Crippen LogP contribution in [0.25, 0.3) is 10.4 Å². The molecule has 1 atom stereocenters. The van der Waals surface area contributed by atoms with Crippen LogP contribution in [0.15, 0.2) is 54.7 Å². The van der Waals surface area contributed by atoms with E-state index in [2.05, 4.69) is 32.5 Å². The Morgan fingerprint density at radius 3 is 2.82 bits per heavy atom. The molecule has 1 aromatic carbocycles. The van der Waals surface area contributed by atoms with E-state index in [1.54, 1.807) is 41.8 Å². The van der Waals surface area contributed by atoms with Gasteiger partial charge < -0.3 is 10.2 Å². The number of aromatic nitrogens is 2. The predicted molar refractivity (Wildman–Crippen MR) is 111 cm³/mol. The van der Waals surface area contributed by atoms with Crippen LogP contribution in [0.4, 0.5) is 11.5 Å². The number of rotatable bonds is 6. The van der Waals surface area contributed by atoms with E-state index in [9.17, 15) is 10.1 Å². The molecule has 1 unspecified atom stereocenters. The zero-order valence-electron chi connectivity index (χ0n) is 15.3. The Kier molecular flexibility index (Phi) is 5.59. The summed E-state index contributed by atoms with van der Waals surface area (Å²) in [5.41, 5.74) is 1.13. The van der Waals surface area contributed by atoms with Gasteiger partial charge in [-0.1, -0.05) is 0 Å². The van der Waals surface area contributed by atoms with Crippen LogP contribution in [0.2, 0.25) is 0 Å². The molecule has 3 heterocycles. The molecule has 1 fully saturated rings. The van der Waals surface area contributed by atoms with Crippen molar-refractivity contribution in [2.75, 3.05) is 18.0 Å². The predicted octanol–water partition coefficient (Wildman–Crippen LogP) is 3.87. The molecule has 144 valence electrons. The minimum atomic E-state index is -0.373. The van der Waals surface area contributed by atoms with Crippen LogP contribution >= 0.6 is 11.3 Å². The normalized spacial score (nSPS) is 16.9. The number of nitro groups is 1. The lowest BCUT2D eigenvalue weighted by atomic mass is 10.1. The summed E-state index contributed by atoms with van der Waals surface area (Å²) in [4.78, 5) is 15.1. The number of thiophene rings is 1. The molecule has 7 nitrogen and oxygen atoms in total. The second kappa shape index (κ2) is 8.45. The van der Waals surface area contributed by atoms with Crippen LogP contribution in [0.1, 0.15) is 17.7 Å². The Morgan fingerprint density at radius 1 is 1.21 bits per heavy atom. The highest BCUT2D eigenvalue weighted by Crippen LogP contribution is 2.29. The van der Waals surface area contributed by atoms with Crippen molar-refractivity contribution < 1.29 is 4.92 Å². The van der Waals surface area contributed by atoms with Gasteiger partial charge in [-0.2, -0.15) is 5.10 Å². The molecule has 3 aromatic rings. The second-order valence-electron chi connectivity index (χ2n) is 6.82. The summed E-state index contributed by atoms with van der Waals surface area (Å²) in [6, 6.07) is 15.3. The summed E-state index contributed by atoms with van der Waals surface area (Å²) in [5, 5.41) is 22.6. The van der Waals surface area contributed by atoms with Crippen LogP contribution in [-0.2, 0) is 6.54 Å². The molecule has 0 saturated carbocycles. The Labute approximate surface area is 167 Å². The van der Waals surface area contributed by atoms with Crippen LogP contribution in [-0.4, -0.2) is 34.3 Å². The minimum absolute atomic E-state index is 0.118. The van der Waals surface area contributed by atoms with E-state index in [0.717, 1.165) is 48.7 Å². The number of nitrogens with one attached hydrogen (secondary N) is 1. The van der Waals surface area contributed by atoms with Gasteiger partial charge in [0.05, 0.1) is 4.92 Å². The van der Waals surface area contributed by atoms with E-state index >= 15 is 0 Å². The summed E-state index contributed by atoms with van der Waals surface area (Å²) in [6.45, 7) is 2.76. The molecule has 0 aliphatic carbocycles. The van der Waals surface area contributed by atoms with Crippen LogP contribution in [0, 0.1) is 10.1 Å². The van der Waals surface area contributed by atoms with Crippen molar-refractivity contribution in [3.05, 3.63) is 69.7 Å². The fraction of sp³-hybridized carbons (Fsp3) is 0.300. The van der Waals surface area contributed by atoms with Crippen molar-refractivity contribution in [3.8, 4) is 10.4 Å². The van der Waals surface area contributed by atoms with Crippen molar-refractivity contribution in [1.29, 1.82) is 0 Å². The molecule has 0 spiro atoms. The number of hydrogen-bond donors (Lipinski definition) is 1. The quantitative estimate of drug-likeness (QED) is 0.504. The fourth-order valence-corrected chi connectivity index (χ4v) is 4.40. The lowest BCUT2D eigenvalue weighted by molar-refractivity contribution is -0.384. The largest absolute Gasteiger partial charge is 0.354 e. The maximum atomic E-state index is 10.8. The van der Waals surface area contributed by atoms with Crippen molar-refractivity contribution >= 4 is 22.8 Å². The number of piperidine rings is 1. The van der Waals surface area contributed by atoms with E-state index < -0.39 is 0 Å². The summed E-state index contributed by atoms with van der Waals surface area (Å²) in [6.07, 6.45) is 3.98. The fourth-order valence-electron chi connectivity index (χ4n) is 3.43. The molecular weight excluding hydrogens is 374 g/mol. The number of benzene rings is 1. The van der Waals surface area contributed by atoms with Gasteiger partial charge in [0, 0.05) is 53.8 Å². The molecule has 28 heavy (non-hydrogen) atoms. The maximum absolute atomic E-state index is 10.8. The Bertz CT molecular complexity index is 929. The lowest BCUT2D eigenvalue weighted by Gasteiger charge is -2.33. The van der Waals surface area contributed by atoms with Gasteiger partial charge in [-0.3, -0.25) is 10.1 Å². The first-order chi connectivity index (χ1) is 13.7. The van der Waals surface area contributed by atoms with Crippen LogP contribution in [0.5, 0.6) is 0 Å². The van der Waals surface area contributed by atoms with Crippen molar-refractivity contribution in [2.45, 2.75) is 25.4 Å². The number of hydrogen-bond acceptors (Lipinski definition) is 7. The van der Waals surface area contributed by atoms with Gasteiger partial charge in [0.25, 0.3) is 5.69 Å². The van der Waals surface area contributed by atoms with Crippen LogP contribution < -0.4 is 10.2 Å². The number of anilines is 1. The third-order valence-electron chi connectivity index (χ3n) is 4.89. The van der Waals surface area contributed by atoms with Gasteiger partial charge in [0.15, 0.2) is 5.82 Å². The molecule has 1 N–H and O–H groups in total. The van der Waals surface area contributed by atoms with Crippen molar-refractivity contribution in [1.82, 2.24) is 15.5 Å². The SMILES string of the molecule is O=[N+]([O-])c1ccc(-c2ccc(CNC3CCCN(c4cccnn4)C3)s2)cc1. The Morgan fingerprint density at radius 2 is 2.07 bits per heavy atom. The van der Waals surface area contributed by atoms with E-state index in [0.29, 0.717) is 6.04 Å². The number of non-ortho nitro benzene ring substituents is 1. The molecule has 0 bridgehead atoms. The topological polar surface area (TPSA) is 84.2 Å². The highest BCUT2D eigenvalue weighted by atomic mass is 32.1. The summed E-state index contributed by atoms with van der Waals surface area (Å²) in [7, 11) is 0. The lowest BCUT2D eigenvalue weighted by Crippen LogP contribution is -2.45. The molecule has 1 saturated heterocycles. The molecule has 2 aromatic heterocycles. The van der Waals surface area contributed by atoms with Gasteiger partial charge in [0.1, 0.15) is 0 Å². The zero-order valence-corrected chi connectivity index (χ0v) is 16.1. The number of nitro benzene ring substituents is 1. The van der Waals surface area contributed by atoms with Gasteiger partial charge in [0.2, 0.25) is 0 Å². The monoisotopic (exact) mass is 395 g/mol. The first-order valence-electron chi connectivity index (χ1n) is 9.28. The van der Waals surface area contributed by atoms with Crippen molar-refractivity contribution in [2.24, 2.45) is 0 Å². The van der Waals surface area contributed by atoms with E-state index in [1.807, 2.05) is 12.1 Å². The van der Waals surface area contributed by atoms with E-state index in [-0.39, 0.29) is 10.6 Å². The summed E-state index contributed by atoms with van der Waals surface area (Å²) >= 11 is 1.72. The smallest absolute Gasteiger partial charge is 0.269 e. The van der Waals surface area contributed by atoms with Crippen LogP contribution in [0.3, 0.4) is 0 Å². The zero-order chi connectivity index (χ0) is 19.3. The molecule has 8 heteroatoms. The first-order valence-corrected chi connectivity index (χ1v) is 10.1. The summed E-state index contributed by atoms with van der Waals surface area (Å²) in [5.74, 6) is 0.936. The average molecular weight is 395 g/mol. The first kappa shape index (κ1) is 18.5. The average Bonchev–Trinajstić information content (AvgIpc) is 3.22. The maximum Gasteiger partial charge on any atom is 0.269 e. The van der Waals surface area contributed by atoms with Gasteiger partial charge >= 0.3 is 0 Å².